The zero-order valence-corrected chi connectivity index (χ0v) is 8.03. The van der Waals surface area contributed by atoms with E-state index in [1.165, 1.54) is 0 Å². The maximum Gasteiger partial charge on any atom is 0.264 e. The molecule has 0 radical (unpaired) electrons. The Kier molecular flexibility index (Phi) is 3.83. The van der Waals surface area contributed by atoms with Crippen molar-refractivity contribution in [3.05, 3.63) is 0 Å². The first-order chi connectivity index (χ1) is 4.77. The summed E-state index contributed by atoms with van der Waals surface area (Å²) in [7, 11) is -3.90. The van der Waals surface area contributed by atoms with Gasteiger partial charge in [0.2, 0.25) is 0 Å². The van der Waals surface area contributed by atoms with Gasteiger partial charge in [0.15, 0.2) is 0 Å². The maximum absolute atomic E-state index is 10.3. The number of hydrogen-bond acceptors (Lipinski definition) is 4. The molecule has 0 aromatic heterocycles. The quantitative estimate of drug-likeness (QED) is 0.345. The minimum Gasteiger partial charge on any atom is -0.317 e. The molecule has 0 bridgehead atoms. The number of hydrogen-bond donors (Lipinski definition) is 3. The summed E-state index contributed by atoms with van der Waals surface area (Å²) >= 11 is 4.00. The van der Waals surface area contributed by atoms with Crippen molar-refractivity contribution < 1.29 is 13.0 Å². The summed E-state index contributed by atoms with van der Waals surface area (Å²) in [5.74, 6) is -0.332. The van der Waals surface area contributed by atoms with Crippen molar-refractivity contribution in [3.8, 4) is 0 Å². The van der Waals surface area contributed by atoms with Crippen molar-refractivity contribution in [2.45, 2.75) is 24.6 Å². The van der Waals surface area contributed by atoms with Crippen LogP contribution < -0.4 is 5.73 Å². The van der Waals surface area contributed by atoms with Crippen LogP contribution in [0, 0.1) is 0 Å². The van der Waals surface area contributed by atoms with E-state index in [0.29, 0.717) is 6.42 Å². The third-order valence-electron chi connectivity index (χ3n) is 1.41. The Morgan fingerprint density at radius 2 is 2.09 bits per heavy atom. The molecule has 1 unspecified atom stereocenters. The Bertz CT molecular complexity index is 210. The smallest absolute Gasteiger partial charge is 0.264 e. The fourth-order valence-electron chi connectivity index (χ4n) is 0.482. The summed E-state index contributed by atoms with van der Waals surface area (Å²) in [5, 5.41) is 0. The van der Waals surface area contributed by atoms with E-state index in [9.17, 15) is 8.42 Å². The summed E-state index contributed by atoms with van der Waals surface area (Å²) in [4.78, 5) is -0.796. The highest BCUT2D eigenvalue weighted by molar-refractivity contribution is 7.86. The lowest BCUT2D eigenvalue weighted by Crippen LogP contribution is -2.34. The molecular formula is C5H13NO3S2. The van der Waals surface area contributed by atoms with E-state index in [1.807, 2.05) is 0 Å². The fourth-order valence-corrected chi connectivity index (χ4v) is 1.37. The molecule has 0 aliphatic carbocycles. The summed E-state index contributed by atoms with van der Waals surface area (Å²) in [6, 6.07) is 0. The van der Waals surface area contributed by atoms with Gasteiger partial charge in [-0.2, -0.15) is 21.0 Å². The Labute approximate surface area is 72.3 Å². The van der Waals surface area contributed by atoms with E-state index >= 15 is 0 Å². The van der Waals surface area contributed by atoms with Crippen LogP contribution in [0.15, 0.2) is 0 Å². The van der Waals surface area contributed by atoms with Crippen molar-refractivity contribution in [3.63, 3.8) is 0 Å². The van der Waals surface area contributed by atoms with Crippen LogP contribution in [0.25, 0.3) is 0 Å². The lowest BCUT2D eigenvalue weighted by Gasteiger charge is -2.19. The lowest BCUT2D eigenvalue weighted by atomic mass is 10.2. The van der Waals surface area contributed by atoms with Crippen molar-refractivity contribution in [1.29, 1.82) is 0 Å². The van der Waals surface area contributed by atoms with Crippen LogP contribution in [0.3, 0.4) is 0 Å². The van der Waals surface area contributed by atoms with Crippen LogP contribution in [0.1, 0.15) is 19.8 Å². The molecule has 0 amide bonds. The molecule has 3 N–H and O–H groups in total. The highest BCUT2D eigenvalue weighted by atomic mass is 32.2. The van der Waals surface area contributed by atoms with Gasteiger partial charge < -0.3 is 5.73 Å². The van der Waals surface area contributed by atoms with Crippen LogP contribution in [0.5, 0.6) is 0 Å². The van der Waals surface area contributed by atoms with E-state index in [0.717, 1.165) is 0 Å². The second-order valence-electron chi connectivity index (χ2n) is 2.49. The molecular weight excluding hydrogens is 186 g/mol. The van der Waals surface area contributed by atoms with Crippen LogP contribution in [-0.4, -0.2) is 23.6 Å². The monoisotopic (exact) mass is 199 g/mol. The standard InChI is InChI=1S/C5H13NO3S2/c1-2-5(6,10)3-4-11(7,8)9/h10H,2-4,6H2,1H3,(H,7,8,9). The van der Waals surface area contributed by atoms with Gasteiger partial charge in [0, 0.05) is 0 Å². The molecule has 0 heterocycles. The van der Waals surface area contributed by atoms with E-state index in [2.05, 4.69) is 12.6 Å². The summed E-state index contributed by atoms with van der Waals surface area (Å²) in [6.07, 6.45) is 0.719. The van der Waals surface area contributed by atoms with Crippen LogP contribution in [0.4, 0.5) is 0 Å². The molecule has 11 heavy (non-hydrogen) atoms. The van der Waals surface area contributed by atoms with Gasteiger partial charge in [-0.3, -0.25) is 4.55 Å². The average Bonchev–Trinajstić information content (AvgIpc) is 1.83. The van der Waals surface area contributed by atoms with E-state index < -0.39 is 15.0 Å². The predicted octanol–water partition coefficient (Wildman–Crippen LogP) is 0.259. The zero-order valence-electron chi connectivity index (χ0n) is 6.32. The minimum absolute atomic E-state index is 0.158. The molecule has 0 saturated heterocycles. The maximum atomic E-state index is 10.3. The first-order valence-corrected chi connectivity index (χ1v) is 5.29. The Morgan fingerprint density at radius 3 is 2.36 bits per heavy atom. The summed E-state index contributed by atoms with van der Waals surface area (Å²) < 4.78 is 28.9. The molecule has 0 aromatic carbocycles. The Morgan fingerprint density at radius 1 is 1.64 bits per heavy atom. The molecule has 0 aliphatic heterocycles. The van der Waals surface area contributed by atoms with E-state index in [1.54, 1.807) is 6.92 Å². The molecule has 0 spiro atoms. The second kappa shape index (κ2) is 3.75. The van der Waals surface area contributed by atoms with Gasteiger partial charge in [0.25, 0.3) is 10.1 Å². The molecule has 0 aliphatic rings. The second-order valence-corrected chi connectivity index (χ2v) is 4.96. The van der Waals surface area contributed by atoms with Gasteiger partial charge in [-0.05, 0) is 12.8 Å². The molecule has 0 rings (SSSR count). The fraction of sp³-hybridized carbons (Fsp3) is 1.00. The molecule has 0 aromatic rings. The topological polar surface area (TPSA) is 80.4 Å². The zero-order chi connectivity index (χ0) is 9.12. The van der Waals surface area contributed by atoms with E-state index in [4.69, 9.17) is 10.3 Å². The highest BCUT2D eigenvalue weighted by Crippen LogP contribution is 2.16. The van der Waals surface area contributed by atoms with Crippen molar-refractivity contribution in [1.82, 2.24) is 0 Å². The van der Waals surface area contributed by atoms with Crippen LogP contribution in [0.2, 0.25) is 0 Å². The van der Waals surface area contributed by atoms with Crippen LogP contribution >= 0.6 is 12.6 Å². The van der Waals surface area contributed by atoms with Gasteiger partial charge in [0.05, 0.1) is 10.6 Å². The SMILES string of the molecule is CCC(N)(S)CCS(=O)(=O)O. The lowest BCUT2D eigenvalue weighted by molar-refractivity contribution is 0.471. The third kappa shape index (κ3) is 6.61. The van der Waals surface area contributed by atoms with Gasteiger partial charge in [-0.15, -0.1) is 0 Å². The Balaban J connectivity index is 3.90. The molecule has 0 fully saturated rings. The van der Waals surface area contributed by atoms with Crippen molar-refractivity contribution >= 4 is 22.7 Å². The first kappa shape index (κ1) is 11.2. The predicted molar refractivity (Wildman–Crippen MR) is 47.2 cm³/mol. The molecule has 1 atom stereocenters. The molecule has 4 nitrogen and oxygen atoms in total. The molecule has 68 valence electrons. The van der Waals surface area contributed by atoms with Gasteiger partial charge in [0.1, 0.15) is 0 Å². The number of thiol groups is 1. The average molecular weight is 199 g/mol. The number of nitrogens with two attached hydrogens (primary N) is 1. The van der Waals surface area contributed by atoms with Crippen LogP contribution in [-0.2, 0) is 10.1 Å². The minimum atomic E-state index is -3.90. The van der Waals surface area contributed by atoms with Crippen molar-refractivity contribution in [2.75, 3.05) is 5.75 Å². The normalized spacial score (nSPS) is 17.8. The molecule has 6 heteroatoms. The third-order valence-corrected chi connectivity index (χ3v) is 2.67. The van der Waals surface area contributed by atoms with Gasteiger partial charge in [-0.25, -0.2) is 0 Å². The number of rotatable bonds is 4. The molecule has 0 saturated carbocycles. The van der Waals surface area contributed by atoms with Gasteiger partial charge >= 0.3 is 0 Å². The van der Waals surface area contributed by atoms with E-state index in [-0.39, 0.29) is 12.2 Å². The van der Waals surface area contributed by atoms with Gasteiger partial charge in [-0.1, -0.05) is 6.92 Å². The Hall–Kier alpha value is 0.220. The highest BCUT2D eigenvalue weighted by Gasteiger charge is 2.19. The largest absolute Gasteiger partial charge is 0.317 e. The van der Waals surface area contributed by atoms with Crippen molar-refractivity contribution in [2.24, 2.45) is 5.73 Å². The summed E-state index contributed by atoms with van der Waals surface area (Å²) in [5.41, 5.74) is 5.51. The summed E-state index contributed by atoms with van der Waals surface area (Å²) in [6.45, 7) is 1.80. The first-order valence-electron chi connectivity index (χ1n) is 3.23.